The number of hydrogen-bond acceptors (Lipinski definition) is 4. The predicted octanol–water partition coefficient (Wildman–Crippen LogP) is 1.38. The molecule has 2 aliphatic rings. The van der Waals surface area contributed by atoms with Gasteiger partial charge in [-0.05, 0) is 31.6 Å². The number of hydrogen-bond donors (Lipinski definition) is 2. The number of rotatable bonds is 2. The van der Waals surface area contributed by atoms with Crippen LogP contribution < -0.4 is 10.5 Å². The maximum Gasteiger partial charge on any atom is 0.326 e. The van der Waals surface area contributed by atoms with Gasteiger partial charge in [0.25, 0.3) is 5.56 Å². The number of nitrogens with zero attached hydrogens (tertiary/aromatic N) is 2. The van der Waals surface area contributed by atoms with Crippen molar-refractivity contribution in [1.29, 1.82) is 0 Å². The maximum absolute atomic E-state index is 12.0. The second-order valence-electron chi connectivity index (χ2n) is 5.69. The van der Waals surface area contributed by atoms with Gasteiger partial charge in [-0.3, -0.25) is 4.79 Å². The fourth-order valence-corrected chi connectivity index (χ4v) is 3.71. The molecule has 3 rings (SSSR count). The van der Waals surface area contributed by atoms with Crippen molar-refractivity contribution in [1.82, 2.24) is 9.97 Å². The largest absolute Gasteiger partial charge is 0.480 e. The number of nitrogens with one attached hydrogen (secondary N) is 1. The van der Waals surface area contributed by atoms with Crippen molar-refractivity contribution < 1.29 is 9.90 Å². The quantitative estimate of drug-likeness (QED) is 0.853. The summed E-state index contributed by atoms with van der Waals surface area (Å²) in [7, 11) is 0. The molecule has 20 heavy (non-hydrogen) atoms. The third-order valence-electron chi connectivity index (χ3n) is 4.59. The molecular weight excluding hydrogens is 258 g/mol. The molecule has 0 aromatic carbocycles. The summed E-state index contributed by atoms with van der Waals surface area (Å²) < 4.78 is 0. The van der Waals surface area contributed by atoms with Gasteiger partial charge in [0.15, 0.2) is 5.82 Å². The minimum absolute atomic E-state index is 0.134. The fraction of sp³-hybridized carbons (Fsp3) is 0.643. The zero-order valence-corrected chi connectivity index (χ0v) is 11.3. The van der Waals surface area contributed by atoms with Crippen LogP contribution in [0.5, 0.6) is 0 Å². The molecule has 1 saturated carbocycles. The van der Waals surface area contributed by atoms with Crippen LogP contribution in [0.1, 0.15) is 38.5 Å². The van der Waals surface area contributed by atoms with Gasteiger partial charge < -0.3 is 15.0 Å². The van der Waals surface area contributed by atoms with Gasteiger partial charge >= 0.3 is 5.97 Å². The average molecular weight is 277 g/mol. The van der Waals surface area contributed by atoms with Crippen molar-refractivity contribution in [2.24, 2.45) is 5.92 Å². The van der Waals surface area contributed by atoms with Crippen molar-refractivity contribution in [3.8, 4) is 0 Å². The van der Waals surface area contributed by atoms with Crippen LogP contribution in [-0.2, 0) is 4.79 Å². The van der Waals surface area contributed by atoms with E-state index in [0.717, 1.165) is 25.7 Å². The van der Waals surface area contributed by atoms with E-state index >= 15 is 0 Å². The molecule has 0 amide bonds. The summed E-state index contributed by atoms with van der Waals surface area (Å²) in [4.78, 5) is 32.1. The van der Waals surface area contributed by atoms with Crippen molar-refractivity contribution in [3.63, 3.8) is 0 Å². The number of fused-ring (bicyclic) bond motifs is 1. The number of anilines is 1. The summed E-state index contributed by atoms with van der Waals surface area (Å²) in [5.41, 5.74) is -0.301. The maximum atomic E-state index is 12.0. The van der Waals surface area contributed by atoms with Crippen LogP contribution in [0.25, 0.3) is 0 Å². The molecule has 0 bridgehead atoms. The molecule has 0 radical (unpaired) electrons. The summed E-state index contributed by atoms with van der Waals surface area (Å²) >= 11 is 0. The predicted molar refractivity (Wildman–Crippen MR) is 73.7 cm³/mol. The molecule has 0 spiro atoms. The minimum atomic E-state index is -0.862. The molecule has 3 atom stereocenters. The Kier molecular flexibility index (Phi) is 3.46. The van der Waals surface area contributed by atoms with Gasteiger partial charge in [-0.2, -0.15) is 0 Å². The number of aromatic amines is 1. The molecule has 1 aliphatic heterocycles. The Hall–Kier alpha value is -1.85. The Morgan fingerprint density at radius 1 is 1.30 bits per heavy atom. The Labute approximate surface area is 116 Å². The van der Waals surface area contributed by atoms with Crippen molar-refractivity contribution in [3.05, 3.63) is 22.7 Å². The van der Waals surface area contributed by atoms with Gasteiger partial charge in [0.1, 0.15) is 6.04 Å². The Morgan fingerprint density at radius 2 is 2.10 bits per heavy atom. The van der Waals surface area contributed by atoms with E-state index in [2.05, 4.69) is 9.97 Å². The Morgan fingerprint density at radius 3 is 2.85 bits per heavy atom. The molecule has 1 aromatic heterocycles. The zero-order valence-electron chi connectivity index (χ0n) is 11.3. The number of carbonyl (C=O) groups is 1. The normalized spacial score (nSPS) is 29.8. The van der Waals surface area contributed by atoms with E-state index in [0.29, 0.717) is 12.3 Å². The average Bonchev–Trinajstić information content (AvgIpc) is 2.46. The highest BCUT2D eigenvalue weighted by Gasteiger charge is 2.42. The zero-order chi connectivity index (χ0) is 14.1. The van der Waals surface area contributed by atoms with Crippen LogP contribution in [0.3, 0.4) is 0 Å². The summed E-state index contributed by atoms with van der Waals surface area (Å²) in [5, 5.41) is 9.47. The molecule has 6 heteroatoms. The SMILES string of the molecule is O=C(O)C1CCC2CCCCC2N1c1ncc[nH]c1=O. The van der Waals surface area contributed by atoms with E-state index in [4.69, 9.17) is 0 Å². The first-order valence-corrected chi connectivity index (χ1v) is 7.23. The molecule has 2 fully saturated rings. The third-order valence-corrected chi connectivity index (χ3v) is 4.59. The van der Waals surface area contributed by atoms with E-state index in [1.807, 2.05) is 0 Å². The van der Waals surface area contributed by atoms with Gasteiger partial charge in [0.05, 0.1) is 0 Å². The summed E-state index contributed by atoms with van der Waals surface area (Å²) in [6.07, 6.45) is 8.88. The fourth-order valence-electron chi connectivity index (χ4n) is 3.71. The highest BCUT2D eigenvalue weighted by atomic mass is 16.4. The van der Waals surface area contributed by atoms with Crippen LogP contribution in [0.4, 0.5) is 5.82 Å². The number of carboxylic acids is 1. The Balaban J connectivity index is 2.02. The van der Waals surface area contributed by atoms with E-state index < -0.39 is 12.0 Å². The highest BCUT2D eigenvalue weighted by molar-refractivity contribution is 5.78. The van der Waals surface area contributed by atoms with Gasteiger partial charge in [0.2, 0.25) is 0 Å². The number of carboxylic acid groups (broad SMARTS) is 1. The van der Waals surface area contributed by atoms with E-state index in [-0.39, 0.29) is 17.4 Å². The molecule has 1 aromatic rings. The van der Waals surface area contributed by atoms with Crippen molar-refractivity contribution in [2.45, 2.75) is 50.6 Å². The molecule has 1 aliphatic carbocycles. The molecule has 108 valence electrons. The highest BCUT2D eigenvalue weighted by Crippen LogP contribution is 2.39. The van der Waals surface area contributed by atoms with Gasteiger partial charge in [0, 0.05) is 18.4 Å². The molecule has 1 saturated heterocycles. The van der Waals surface area contributed by atoms with Crippen LogP contribution in [0.15, 0.2) is 17.2 Å². The summed E-state index contributed by atoms with van der Waals surface area (Å²) in [6, 6.07) is -0.500. The lowest BCUT2D eigenvalue weighted by atomic mass is 9.76. The first-order chi connectivity index (χ1) is 9.68. The topological polar surface area (TPSA) is 86.3 Å². The first kappa shape index (κ1) is 13.1. The smallest absolute Gasteiger partial charge is 0.326 e. The lowest BCUT2D eigenvalue weighted by Crippen LogP contribution is -2.57. The Bertz CT molecular complexity index is 557. The molecule has 2 heterocycles. The molecular formula is C14H19N3O3. The lowest BCUT2D eigenvalue weighted by Gasteiger charge is -2.47. The van der Waals surface area contributed by atoms with Crippen molar-refractivity contribution >= 4 is 11.8 Å². The minimum Gasteiger partial charge on any atom is -0.480 e. The van der Waals surface area contributed by atoms with E-state index in [9.17, 15) is 14.7 Å². The van der Waals surface area contributed by atoms with Crippen molar-refractivity contribution in [2.75, 3.05) is 4.90 Å². The van der Waals surface area contributed by atoms with E-state index in [1.54, 1.807) is 4.90 Å². The third kappa shape index (κ3) is 2.19. The monoisotopic (exact) mass is 277 g/mol. The first-order valence-electron chi connectivity index (χ1n) is 7.23. The van der Waals surface area contributed by atoms with Crippen LogP contribution in [0, 0.1) is 5.92 Å². The second-order valence-corrected chi connectivity index (χ2v) is 5.69. The molecule has 3 unspecified atom stereocenters. The standard InChI is InChI=1S/C14H19N3O3/c18-13-12(15-7-8-16-13)17-10-4-2-1-3-9(10)5-6-11(17)14(19)20/h7-11H,1-6H2,(H,16,18)(H,19,20). The molecule has 6 nitrogen and oxygen atoms in total. The lowest BCUT2D eigenvalue weighted by molar-refractivity contribution is -0.139. The van der Waals surface area contributed by atoms with Gasteiger partial charge in [-0.1, -0.05) is 12.8 Å². The number of aliphatic carboxylic acids is 1. The summed E-state index contributed by atoms with van der Waals surface area (Å²) in [6.45, 7) is 0. The number of aromatic nitrogens is 2. The van der Waals surface area contributed by atoms with E-state index in [1.165, 1.54) is 18.8 Å². The van der Waals surface area contributed by atoms with Crippen LogP contribution in [0.2, 0.25) is 0 Å². The molecule has 2 N–H and O–H groups in total. The number of piperidine rings is 1. The van der Waals surface area contributed by atoms with Gasteiger partial charge in [-0.25, -0.2) is 9.78 Å². The van der Waals surface area contributed by atoms with Gasteiger partial charge in [-0.15, -0.1) is 0 Å². The number of H-pyrrole nitrogens is 1. The summed E-state index contributed by atoms with van der Waals surface area (Å²) in [5.74, 6) is -0.115. The second kappa shape index (κ2) is 5.26. The van der Waals surface area contributed by atoms with Crippen LogP contribution in [-0.4, -0.2) is 33.1 Å². The van der Waals surface area contributed by atoms with Crippen LogP contribution >= 0.6 is 0 Å².